The van der Waals surface area contributed by atoms with Crippen LogP contribution in [0.1, 0.15) is 6.92 Å². The molecule has 0 saturated heterocycles. The standard InChI is InChI=1S/C9H16N4O3S2/c1-7(6-17(3)14)13-18(15,16)8-4-11-9(10-2)12-5-8/h4-5,7,13H,6H2,1-3H3,(H,10,11,12). The maximum atomic E-state index is 11.9. The van der Waals surface area contributed by atoms with Gasteiger partial charge in [-0.25, -0.2) is 23.1 Å². The van der Waals surface area contributed by atoms with Crippen molar-refractivity contribution in [3.05, 3.63) is 12.4 Å². The molecule has 0 aliphatic heterocycles. The Kier molecular flexibility index (Phi) is 5.17. The van der Waals surface area contributed by atoms with Crippen LogP contribution in [0.4, 0.5) is 5.95 Å². The summed E-state index contributed by atoms with van der Waals surface area (Å²) in [7, 11) is -3.09. The van der Waals surface area contributed by atoms with Crippen molar-refractivity contribution in [3.8, 4) is 0 Å². The molecular formula is C9H16N4O3S2. The minimum absolute atomic E-state index is 0.0183. The zero-order valence-electron chi connectivity index (χ0n) is 10.4. The van der Waals surface area contributed by atoms with E-state index in [0.29, 0.717) is 5.95 Å². The SMILES string of the molecule is CNc1ncc(S(=O)(=O)NC(C)CS(C)=O)cn1. The van der Waals surface area contributed by atoms with Crippen LogP contribution in [-0.2, 0) is 20.8 Å². The average Bonchev–Trinajstić information content (AvgIpc) is 2.27. The van der Waals surface area contributed by atoms with Crippen molar-refractivity contribution < 1.29 is 12.6 Å². The molecule has 0 aromatic carbocycles. The molecule has 2 N–H and O–H groups in total. The molecule has 102 valence electrons. The molecule has 7 nitrogen and oxygen atoms in total. The van der Waals surface area contributed by atoms with Gasteiger partial charge in [0.1, 0.15) is 4.90 Å². The van der Waals surface area contributed by atoms with Gasteiger partial charge < -0.3 is 5.32 Å². The highest BCUT2D eigenvalue weighted by Crippen LogP contribution is 2.07. The molecule has 1 heterocycles. The lowest BCUT2D eigenvalue weighted by Gasteiger charge is -2.12. The summed E-state index contributed by atoms with van der Waals surface area (Å²) in [5.74, 6) is 0.603. The maximum absolute atomic E-state index is 11.9. The Labute approximate surface area is 109 Å². The third-order valence-corrected chi connectivity index (χ3v) is 4.52. The van der Waals surface area contributed by atoms with Crippen LogP contribution in [-0.4, -0.2) is 47.7 Å². The van der Waals surface area contributed by atoms with Crippen LogP contribution >= 0.6 is 0 Å². The number of anilines is 1. The second-order valence-electron chi connectivity index (χ2n) is 3.75. The summed E-state index contributed by atoms with van der Waals surface area (Å²) < 4.78 is 37.2. The molecule has 1 aromatic rings. The normalized spacial score (nSPS) is 15.1. The lowest BCUT2D eigenvalue weighted by atomic mass is 10.4. The van der Waals surface area contributed by atoms with Gasteiger partial charge in [0.25, 0.3) is 0 Å². The van der Waals surface area contributed by atoms with Crippen molar-refractivity contribution in [1.82, 2.24) is 14.7 Å². The summed E-state index contributed by atoms with van der Waals surface area (Å²) in [6, 6.07) is -0.412. The van der Waals surface area contributed by atoms with E-state index in [-0.39, 0.29) is 10.6 Å². The zero-order valence-corrected chi connectivity index (χ0v) is 12.0. The van der Waals surface area contributed by atoms with Crippen molar-refractivity contribution in [2.75, 3.05) is 24.4 Å². The molecule has 0 saturated carbocycles. The van der Waals surface area contributed by atoms with E-state index in [1.54, 1.807) is 14.0 Å². The summed E-state index contributed by atoms with van der Waals surface area (Å²) in [6.07, 6.45) is 3.96. The van der Waals surface area contributed by atoms with Gasteiger partial charge in [0.05, 0.1) is 12.4 Å². The monoisotopic (exact) mass is 292 g/mol. The Morgan fingerprint density at radius 1 is 1.39 bits per heavy atom. The highest BCUT2D eigenvalue weighted by atomic mass is 32.2. The molecule has 18 heavy (non-hydrogen) atoms. The average molecular weight is 292 g/mol. The van der Waals surface area contributed by atoms with Gasteiger partial charge in [-0.1, -0.05) is 0 Å². The fourth-order valence-corrected chi connectivity index (χ4v) is 3.33. The van der Waals surface area contributed by atoms with Gasteiger partial charge in [-0.3, -0.25) is 4.21 Å². The molecule has 0 fully saturated rings. The Balaban J connectivity index is 2.82. The highest BCUT2D eigenvalue weighted by Gasteiger charge is 2.18. The number of sulfonamides is 1. The number of nitrogens with zero attached hydrogens (tertiary/aromatic N) is 2. The van der Waals surface area contributed by atoms with Crippen LogP contribution in [0.5, 0.6) is 0 Å². The van der Waals surface area contributed by atoms with Crippen molar-refractivity contribution in [2.45, 2.75) is 17.9 Å². The molecule has 0 amide bonds. The molecular weight excluding hydrogens is 276 g/mol. The highest BCUT2D eigenvalue weighted by molar-refractivity contribution is 7.89. The van der Waals surface area contributed by atoms with Crippen LogP contribution in [0, 0.1) is 0 Å². The predicted octanol–water partition coefficient (Wildman–Crippen LogP) is -0.436. The first-order valence-corrected chi connectivity index (χ1v) is 8.38. The van der Waals surface area contributed by atoms with E-state index >= 15 is 0 Å². The Morgan fingerprint density at radius 2 is 1.94 bits per heavy atom. The first kappa shape index (κ1) is 15.0. The van der Waals surface area contributed by atoms with Crippen molar-refractivity contribution in [2.24, 2.45) is 0 Å². The van der Waals surface area contributed by atoms with Gasteiger partial charge in [-0.2, -0.15) is 0 Å². The fraction of sp³-hybridized carbons (Fsp3) is 0.556. The second kappa shape index (κ2) is 6.21. The fourth-order valence-electron chi connectivity index (χ4n) is 1.30. The largest absolute Gasteiger partial charge is 0.357 e. The van der Waals surface area contributed by atoms with E-state index in [1.807, 2.05) is 0 Å². The first-order valence-electron chi connectivity index (χ1n) is 5.17. The van der Waals surface area contributed by atoms with Crippen LogP contribution in [0.2, 0.25) is 0 Å². The summed E-state index contributed by atoms with van der Waals surface area (Å²) in [4.78, 5) is 7.64. The summed E-state index contributed by atoms with van der Waals surface area (Å²) >= 11 is 0. The Bertz CT molecular complexity index is 515. The Hall–Kier alpha value is -1.06. The third kappa shape index (κ3) is 4.31. The third-order valence-electron chi connectivity index (χ3n) is 2.00. The molecule has 2 atom stereocenters. The molecule has 0 aliphatic carbocycles. The Morgan fingerprint density at radius 3 is 2.39 bits per heavy atom. The zero-order chi connectivity index (χ0) is 13.8. The van der Waals surface area contributed by atoms with Gasteiger partial charge in [0.15, 0.2) is 0 Å². The predicted molar refractivity (Wildman–Crippen MR) is 70.3 cm³/mol. The molecule has 0 aliphatic rings. The lowest BCUT2D eigenvalue weighted by Crippen LogP contribution is -2.36. The number of hydrogen-bond donors (Lipinski definition) is 2. The number of aromatic nitrogens is 2. The van der Waals surface area contributed by atoms with E-state index in [2.05, 4.69) is 20.0 Å². The van der Waals surface area contributed by atoms with E-state index in [4.69, 9.17) is 0 Å². The summed E-state index contributed by atoms with van der Waals surface area (Å²) in [6.45, 7) is 1.65. The van der Waals surface area contributed by atoms with Crippen LogP contribution in [0.15, 0.2) is 17.3 Å². The molecule has 9 heteroatoms. The smallest absolute Gasteiger partial charge is 0.243 e. The molecule has 1 aromatic heterocycles. The topological polar surface area (TPSA) is 101 Å². The minimum atomic E-state index is -3.67. The minimum Gasteiger partial charge on any atom is -0.357 e. The first-order chi connectivity index (χ1) is 8.35. The van der Waals surface area contributed by atoms with Crippen molar-refractivity contribution >= 4 is 26.8 Å². The molecule has 0 bridgehead atoms. The van der Waals surface area contributed by atoms with E-state index in [9.17, 15) is 12.6 Å². The van der Waals surface area contributed by atoms with Crippen LogP contribution < -0.4 is 10.0 Å². The van der Waals surface area contributed by atoms with Gasteiger partial charge in [0.2, 0.25) is 16.0 Å². The van der Waals surface area contributed by atoms with Gasteiger partial charge in [0, 0.05) is 35.9 Å². The molecule has 2 unspecified atom stereocenters. The summed E-state index contributed by atoms with van der Waals surface area (Å²) in [5, 5.41) is 2.69. The molecule has 0 radical (unpaired) electrons. The second-order valence-corrected chi connectivity index (χ2v) is 6.95. The van der Waals surface area contributed by atoms with Crippen molar-refractivity contribution in [1.29, 1.82) is 0 Å². The lowest BCUT2D eigenvalue weighted by molar-refractivity contribution is 0.569. The van der Waals surface area contributed by atoms with E-state index < -0.39 is 26.9 Å². The van der Waals surface area contributed by atoms with Crippen LogP contribution in [0.3, 0.4) is 0 Å². The molecule has 0 spiro atoms. The van der Waals surface area contributed by atoms with Crippen LogP contribution in [0.25, 0.3) is 0 Å². The van der Waals surface area contributed by atoms with Gasteiger partial charge in [-0.15, -0.1) is 0 Å². The number of hydrogen-bond acceptors (Lipinski definition) is 6. The quantitative estimate of drug-likeness (QED) is 0.737. The summed E-state index contributed by atoms with van der Waals surface area (Å²) in [5.41, 5.74) is 0. The number of nitrogens with one attached hydrogen (secondary N) is 2. The maximum Gasteiger partial charge on any atom is 0.243 e. The number of rotatable bonds is 6. The molecule has 1 rings (SSSR count). The van der Waals surface area contributed by atoms with Gasteiger partial charge in [-0.05, 0) is 6.92 Å². The van der Waals surface area contributed by atoms with Crippen molar-refractivity contribution in [3.63, 3.8) is 0 Å². The van der Waals surface area contributed by atoms with E-state index in [0.717, 1.165) is 0 Å². The van der Waals surface area contributed by atoms with E-state index in [1.165, 1.54) is 18.6 Å². The van der Waals surface area contributed by atoms with Gasteiger partial charge >= 0.3 is 0 Å².